The Bertz CT molecular complexity index is 634. The summed E-state index contributed by atoms with van der Waals surface area (Å²) in [4.78, 5) is 14.5. The monoisotopic (exact) mass is 283 g/mol. The van der Waals surface area contributed by atoms with Gasteiger partial charge in [0, 0.05) is 25.2 Å². The predicted molar refractivity (Wildman–Crippen MR) is 81.2 cm³/mol. The molecule has 0 bridgehead atoms. The highest BCUT2D eigenvalue weighted by molar-refractivity contribution is 6.05. The minimum Gasteiger partial charge on any atom is -0.619 e. The van der Waals surface area contributed by atoms with Crippen molar-refractivity contribution in [3.05, 3.63) is 59.6 Å². The third-order valence-electron chi connectivity index (χ3n) is 3.66. The lowest BCUT2D eigenvalue weighted by Gasteiger charge is -2.21. The predicted octanol–water partition coefficient (Wildman–Crippen LogP) is 2.17. The van der Waals surface area contributed by atoms with Crippen LogP contribution in [0.15, 0.2) is 48.8 Å². The van der Waals surface area contributed by atoms with Gasteiger partial charge in [0.15, 0.2) is 12.4 Å². The fourth-order valence-electron chi connectivity index (χ4n) is 2.57. The molecular weight excluding hydrogens is 266 g/mol. The van der Waals surface area contributed by atoms with Crippen LogP contribution in [-0.4, -0.2) is 19.0 Å². The number of pyridine rings is 1. The number of aromatic nitrogens is 1. The van der Waals surface area contributed by atoms with Gasteiger partial charge in [0.2, 0.25) is 0 Å². The average Bonchev–Trinajstić information content (AvgIpc) is 3.02. The average molecular weight is 283 g/mol. The molecule has 0 saturated carbocycles. The largest absolute Gasteiger partial charge is 0.619 e. The quantitative estimate of drug-likeness (QED) is 0.693. The molecule has 1 fully saturated rings. The Hall–Kier alpha value is -2.56. The smallest absolute Gasteiger partial charge is 0.256 e. The molecule has 1 aliphatic rings. The van der Waals surface area contributed by atoms with Gasteiger partial charge in [-0.15, -0.1) is 0 Å². The summed E-state index contributed by atoms with van der Waals surface area (Å²) in [6.45, 7) is 2.04. The minimum absolute atomic E-state index is 0.206. The molecule has 0 radical (unpaired) electrons. The van der Waals surface area contributed by atoms with Crippen molar-refractivity contribution < 1.29 is 9.52 Å². The van der Waals surface area contributed by atoms with Gasteiger partial charge in [-0.05, 0) is 25.0 Å². The Kier molecular flexibility index (Phi) is 3.73. The van der Waals surface area contributed by atoms with E-state index in [1.807, 2.05) is 24.3 Å². The van der Waals surface area contributed by atoms with E-state index in [-0.39, 0.29) is 5.91 Å². The lowest BCUT2D eigenvalue weighted by molar-refractivity contribution is -0.605. The highest BCUT2D eigenvalue weighted by Gasteiger charge is 2.17. The maximum atomic E-state index is 12.3. The molecule has 0 atom stereocenters. The molecule has 5 heteroatoms. The van der Waals surface area contributed by atoms with Gasteiger partial charge in [-0.25, -0.2) is 0 Å². The SMILES string of the molecule is O=C(Nc1ccccc1N1CCCC1)c1cc[n+]([O-])cc1. The molecular formula is C16H17N3O2. The van der Waals surface area contributed by atoms with E-state index in [1.165, 1.54) is 37.4 Å². The minimum atomic E-state index is -0.206. The Morgan fingerprint density at radius 3 is 2.48 bits per heavy atom. The summed E-state index contributed by atoms with van der Waals surface area (Å²) in [5, 5.41) is 13.9. The molecule has 5 nitrogen and oxygen atoms in total. The van der Waals surface area contributed by atoms with Crippen LogP contribution in [0.5, 0.6) is 0 Å². The third kappa shape index (κ3) is 2.97. The number of nitrogens with zero attached hydrogens (tertiary/aromatic N) is 2. The Morgan fingerprint density at radius 2 is 1.76 bits per heavy atom. The normalized spacial score (nSPS) is 14.2. The standard InChI is InChI=1S/C16H17N3O2/c20-16(13-7-11-19(21)12-8-13)17-14-5-1-2-6-15(14)18-9-3-4-10-18/h1-2,5-8,11-12H,3-4,9-10H2,(H,17,20). The van der Waals surface area contributed by atoms with E-state index in [1.54, 1.807) is 0 Å². The molecule has 3 rings (SSSR count). The van der Waals surface area contributed by atoms with Gasteiger partial charge in [0.25, 0.3) is 5.91 Å². The van der Waals surface area contributed by atoms with Crippen LogP contribution in [0.1, 0.15) is 23.2 Å². The summed E-state index contributed by atoms with van der Waals surface area (Å²) >= 11 is 0. The highest BCUT2D eigenvalue weighted by atomic mass is 16.5. The van der Waals surface area contributed by atoms with Crippen molar-refractivity contribution >= 4 is 17.3 Å². The number of amides is 1. The zero-order chi connectivity index (χ0) is 14.7. The second kappa shape index (κ2) is 5.83. The van der Waals surface area contributed by atoms with Crippen LogP contribution in [0.3, 0.4) is 0 Å². The number of hydrogen-bond acceptors (Lipinski definition) is 3. The number of nitrogens with one attached hydrogen (secondary N) is 1. The van der Waals surface area contributed by atoms with Crippen molar-refractivity contribution in [3.63, 3.8) is 0 Å². The van der Waals surface area contributed by atoms with Crippen molar-refractivity contribution in [2.24, 2.45) is 0 Å². The fourth-order valence-corrected chi connectivity index (χ4v) is 2.57. The van der Waals surface area contributed by atoms with Crippen LogP contribution in [0.4, 0.5) is 11.4 Å². The molecule has 108 valence electrons. The van der Waals surface area contributed by atoms with Gasteiger partial charge < -0.3 is 15.4 Å². The summed E-state index contributed by atoms with van der Waals surface area (Å²) in [5.41, 5.74) is 2.33. The molecule has 0 aliphatic carbocycles. The van der Waals surface area contributed by atoms with Crippen LogP contribution in [0, 0.1) is 5.21 Å². The van der Waals surface area contributed by atoms with Gasteiger partial charge >= 0.3 is 0 Å². The van der Waals surface area contributed by atoms with Gasteiger partial charge in [0.1, 0.15) is 0 Å². The van der Waals surface area contributed by atoms with Crippen molar-refractivity contribution in [3.8, 4) is 0 Å². The van der Waals surface area contributed by atoms with Crippen molar-refractivity contribution in [1.82, 2.24) is 0 Å². The number of carbonyl (C=O) groups excluding carboxylic acids is 1. The molecule has 1 amide bonds. The molecule has 1 aromatic heterocycles. The first-order valence-corrected chi connectivity index (χ1v) is 7.08. The topological polar surface area (TPSA) is 59.3 Å². The van der Waals surface area contributed by atoms with Gasteiger partial charge in [0.05, 0.1) is 16.9 Å². The van der Waals surface area contributed by atoms with Crippen molar-refractivity contribution in [2.45, 2.75) is 12.8 Å². The summed E-state index contributed by atoms with van der Waals surface area (Å²) in [5.74, 6) is -0.206. The number of para-hydroxylation sites is 2. The maximum Gasteiger partial charge on any atom is 0.256 e. The van der Waals surface area contributed by atoms with E-state index in [2.05, 4.69) is 10.2 Å². The molecule has 0 spiro atoms. The molecule has 1 saturated heterocycles. The van der Waals surface area contributed by atoms with Crippen molar-refractivity contribution in [2.75, 3.05) is 23.3 Å². The lowest BCUT2D eigenvalue weighted by atomic mass is 10.2. The Morgan fingerprint density at radius 1 is 1.10 bits per heavy atom. The van der Waals surface area contributed by atoms with Crippen LogP contribution < -0.4 is 14.9 Å². The first-order valence-electron chi connectivity index (χ1n) is 7.08. The lowest BCUT2D eigenvalue weighted by Crippen LogP contribution is -2.25. The second-order valence-electron chi connectivity index (χ2n) is 5.11. The molecule has 0 unspecified atom stereocenters. The van der Waals surface area contributed by atoms with Gasteiger partial charge in [-0.3, -0.25) is 4.79 Å². The summed E-state index contributed by atoms with van der Waals surface area (Å²) in [6, 6.07) is 10.8. The highest BCUT2D eigenvalue weighted by Crippen LogP contribution is 2.28. The van der Waals surface area contributed by atoms with Crippen LogP contribution in [0.25, 0.3) is 0 Å². The molecule has 2 heterocycles. The number of anilines is 2. The summed E-state index contributed by atoms with van der Waals surface area (Å²) in [6.07, 6.45) is 5.01. The molecule has 2 aromatic rings. The molecule has 21 heavy (non-hydrogen) atoms. The Labute approximate surface area is 123 Å². The van der Waals surface area contributed by atoms with E-state index in [0.717, 1.165) is 24.5 Å². The molecule has 1 N–H and O–H groups in total. The zero-order valence-corrected chi connectivity index (χ0v) is 11.7. The second-order valence-corrected chi connectivity index (χ2v) is 5.11. The first-order chi connectivity index (χ1) is 10.2. The van der Waals surface area contributed by atoms with E-state index in [0.29, 0.717) is 10.3 Å². The number of carbonyl (C=O) groups is 1. The van der Waals surface area contributed by atoms with Gasteiger partial charge in [-0.1, -0.05) is 12.1 Å². The van der Waals surface area contributed by atoms with Crippen molar-refractivity contribution in [1.29, 1.82) is 0 Å². The van der Waals surface area contributed by atoms with E-state index in [9.17, 15) is 10.0 Å². The van der Waals surface area contributed by atoms with Gasteiger partial charge in [-0.2, -0.15) is 4.73 Å². The fraction of sp³-hybridized carbons (Fsp3) is 0.250. The van der Waals surface area contributed by atoms with E-state index >= 15 is 0 Å². The third-order valence-corrected chi connectivity index (χ3v) is 3.66. The maximum absolute atomic E-state index is 12.3. The number of hydrogen-bond donors (Lipinski definition) is 1. The Balaban J connectivity index is 1.81. The zero-order valence-electron chi connectivity index (χ0n) is 11.7. The molecule has 1 aromatic carbocycles. The van der Waals surface area contributed by atoms with E-state index < -0.39 is 0 Å². The van der Waals surface area contributed by atoms with E-state index in [4.69, 9.17) is 0 Å². The summed E-state index contributed by atoms with van der Waals surface area (Å²) in [7, 11) is 0. The van der Waals surface area contributed by atoms with Crippen LogP contribution in [0.2, 0.25) is 0 Å². The number of rotatable bonds is 3. The first kappa shape index (κ1) is 13.4. The molecule has 1 aliphatic heterocycles. The number of benzene rings is 1. The van der Waals surface area contributed by atoms with Crippen LogP contribution >= 0.6 is 0 Å². The summed E-state index contributed by atoms with van der Waals surface area (Å²) < 4.78 is 0.662. The van der Waals surface area contributed by atoms with Crippen LogP contribution in [-0.2, 0) is 0 Å².